The van der Waals surface area contributed by atoms with Crippen LogP contribution in [0.3, 0.4) is 0 Å². The molecule has 1 aliphatic rings. The van der Waals surface area contributed by atoms with Crippen molar-refractivity contribution in [2.24, 2.45) is 0 Å². The molecular formula is C18H26N2O3S. The molecule has 0 aliphatic carbocycles. The lowest BCUT2D eigenvalue weighted by atomic mass is 10.0. The van der Waals surface area contributed by atoms with E-state index in [0.29, 0.717) is 0 Å². The van der Waals surface area contributed by atoms with E-state index in [1.807, 2.05) is 23.3 Å². The van der Waals surface area contributed by atoms with Gasteiger partial charge in [-0.15, -0.1) is 11.8 Å². The number of rotatable bonds is 4. The Balaban J connectivity index is 2.00. The maximum absolute atomic E-state index is 12.5. The molecule has 0 bridgehead atoms. The maximum atomic E-state index is 12.5. The molecule has 0 aromatic heterocycles. The summed E-state index contributed by atoms with van der Waals surface area (Å²) >= 11 is 1.69. The first-order chi connectivity index (χ1) is 11.3. The number of nitrogens with one attached hydrogen (secondary N) is 1. The molecule has 1 saturated heterocycles. The van der Waals surface area contributed by atoms with E-state index in [1.165, 1.54) is 10.5 Å². The Morgan fingerprint density at radius 3 is 2.71 bits per heavy atom. The predicted octanol–water partition coefficient (Wildman–Crippen LogP) is 3.60. The van der Waals surface area contributed by atoms with Crippen molar-refractivity contribution in [1.29, 1.82) is 0 Å². The molecule has 5 nitrogen and oxygen atoms in total. The number of amides is 2. The molecule has 1 fully saturated rings. The van der Waals surface area contributed by atoms with Crippen LogP contribution in [0.5, 0.6) is 0 Å². The second kappa shape index (κ2) is 7.92. The Kier molecular flexibility index (Phi) is 6.15. The smallest absolute Gasteiger partial charge is 0.408 e. The summed E-state index contributed by atoms with van der Waals surface area (Å²) in [5.41, 5.74) is 0.619. The number of thioether (sulfide) groups is 1. The summed E-state index contributed by atoms with van der Waals surface area (Å²) < 4.78 is 5.17. The Morgan fingerprint density at radius 2 is 2.04 bits per heavy atom. The SMILES string of the molecule is CSc1ccccc1[C@H]1CCCN1C(=O)CNC(=O)OC(C)(C)C. The zero-order valence-electron chi connectivity index (χ0n) is 14.8. The highest BCUT2D eigenvalue weighted by atomic mass is 32.2. The number of likely N-dealkylation sites (tertiary alicyclic amines) is 1. The summed E-state index contributed by atoms with van der Waals surface area (Å²) in [5, 5.41) is 2.56. The van der Waals surface area contributed by atoms with Crippen molar-refractivity contribution in [3.05, 3.63) is 29.8 Å². The molecule has 0 unspecified atom stereocenters. The molecule has 0 radical (unpaired) electrons. The van der Waals surface area contributed by atoms with Crippen molar-refractivity contribution in [2.75, 3.05) is 19.3 Å². The lowest BCUT2D eigenvalue weighted by Gasteiger charge is -2.27. The second-order valence-electron chi connectivity index (χ2n) is 6.84. The number of carbonyl (C=O) groups excluding carboxylic acids is 2. The average Bonchev–Trinajstić information content (AvgIpc) is 3.00. The first-order valence-electron chi connectivity index (χ1n) is 8.21. The van der Waals surface area contributed by atoms with Gasteiger partial charge in [0.15, 0.2) is 0 Å². The average molecular weight is 350 g/mol. The molecule has 1 aromatic carbocycles. The Bertz CT molecular complexity index is 598. The van der Waals surface area contributed by atoms with Crippen molar-refractivity contribution >= 4 is 23.8 Å². The fourth-order valence-corrected chi connectivity index (χ4v) is 3.55. The molecule has 24 heavy (non-hydrogen) atoms. The molecule has 132 valence electrons. The minimum absolute atomic E-state index is 0.0349. The van der Waals surface area contributed by atoms with Crippen molar-refractivity contribution < 1.29 is 14.3 Å². The topological polar surface area (TPSA) is 58.6 Å². The highest BCUT2D eigenvalue weighted by Gasteiger charge is 2.31. The van der Waals surface area contributed by atoms with Crippen LogP contribution >= 0.6 is 11.8 Å². The van der Waals surface area contributed by atoms with Gasteiger partial charge in [0, 0.05) is 11.4 Å². The van der Waals surface area contributed by atoms with E-state index in [9.17, 15) is 9.59 Å². The lowest BCUT2D eigenvalue weighted by molar-refractivity contribution is -0.131. The Labute approximate surface area is 148 Å². The van der Waals surface area contributed by atoms with E-state index >= 15 is 0 Å². The third kappa shape index (κ3) is 4.90. The van der Waals surface area contributed by atoms with E-state index in [0.717, 1.165) is 19.4 Å². The maximum Gasteiger partial charge on any atom is 0.408 e. The van der Waals surface area contributed by atoms with Crippen LogP contribution in [0.15, 0.2) is 29.2 Å². The zero-order chi connectivity index (χ0) is 17.7. The minimum Gasteiger partial charge on any atom is -0.444 e. The number of ether oxygens (including phenoxy) is 1. The normalized spacial score (nSPS) is 17.7. The van der Waals surface area contributed by atoms with Gasteiger partial charge in [-0.05, 0) is 51.5 Å². The number of nitrogens with zero attached hydrogens (tertiary/aromatic N) is 1. The summed E-state index contributed by atoms with van der Waals surface area (Å²) in [6, 6.07) is 8.28. The second-order valence-corrected chi connectivity index (χ2v) is 7.69. The third-order valence-electron chi connectivity index (χ3n) is 3.85. The minimum atomic E-state index is -0.569. The van der Waals surface area contributed by atoms with Crippen molar-refractivity contribution in [2.45, 2.75) is 50.2 Å². The van der Waals surface area contributed by atoms with Crippen LogP contribution in [-0.4, -0.2) is 41.8 Å². The molecule has 2 rings (SSSR count). The summed E-state index contributed by atoms with van der Waals surface area (Å²) in [6.45, 7) is 6.08. The number of carbonyl (C=O) groups is 2. The molecule has 0 spiro atoms. The van der Waals surface area contributed by atoms with Gasteiger partial charge in [0.2, 0.25) is 5.91 Å². The van der Waals surface area contributed by atoms with E-state index in [2.05, 4.69) is 17.4 Å². The quantitative estimate of drug-likeness (QED) is 0.843. The van der Waals surface area contributed by atoms with Gasteiger partial charge < -0.3 is 15.0 Å². The predicted molar refractivity (Wildman–Crippen MR) is 96.1 cm³/mol. The van der Waals surface area contributed by atoms with Gasteiger partial charge in [-0.3, -0.25) is 4.79 Å². The largest absolute Gasteiger partial charge is 0.444 e. The molecule has 0 saturated carbocycles. The molecule has 1 aromatic rings. The fraction of sp³-hybridized carbons (Fsp3) is 0.556. The summed E-state index contributed by atoms with van der Waals surface area (Å²) in [6.07, 6.45) is 3.42. The summed E-state index contributed by atoms with van der Waals surface area (Å²) in [7, 11) is 0. The van der Waals surface area contributed by atoms with Gasteiger partial charge in [-0.1, -0.05) is 18.2 Å². The van der Waals surface area contributed by atoms with Gasteiger partial charge in [-0.25, -0.2) is 4.79 Å². The Morgan fingerprint density at radius 1 is 1.33 bits per heavy atom. The third-order valence-corrected chi connectivity index (χ3v) is 4.67. The van der Waals surface area contributed by atoms with Crippen molar-refractivity contribution in [3.8, 4) is 0 Å². The summed E-state index contributed by atoms with van der Waals surface area (Å²) in [5.74, 6) is -0.0701. The molecule has 1 heterocycles. The van der Waals surface area contributed by atoms with Gasteiger partial charge in [0.25, 0.3) is 0 Å². The zero-order valence-corrected chi connectivity index (χ0v) is 15.6. The fourth-order valence-electron chi connectivity index (χ4n) is 2.89. The van der Waals surface area contributed by atoms with E-state index in [1.54, 1.807) is 32.5 Å². The molecule has 1 aliphatic heterocycles. The van der Waals surface area contributed by atoms with Crippen LogP contribution in [-0.2, 0) is 9.53 Å². The van der Waals surface area contributed by atoms with Gasteiger partial charge in [-0.2, -0.15) is 0 Å². The van der Waals surface area contributed by atoms with Gasteiger partial charge in [0.05, 0.1) is 6.04 Å². The van der Waals surface area contributed by atoms with Gasteiger partial charge in [0.1, 0.15) is 12.1 Å². The number of alkyl carbamates (subject to hydrolysis) is 1. The van der Waals surface area contributed by atoms with Crippen LogP contribution in [0.1, 0.15) is 45.2 Å². The van der Waals surface area contributed by atoms with E-state index in [4.69, 9.17) is 4.74 Å². The lowest BCUT2D eigenvalue weighted by Crippen LogP contribution is -2.41. The molecule has 6 heteroatoms. The summed E-state index contributed by atoms with van der Waals surface area (Å²) in [4.78, 5) is 27.3. The number of benzene rings is 1. The molecule has 1 N–H and O–H groups in total. The number of hydrogen-bond acceptors (Lipinski definition) is 4. The monoisotopic (exact) mass is 350 g/mol. The molecule has 1 atom stereocenters. The highest BCUT2D eigenvalue weighted by Crippen LogP contribution is 2.36. The standard InChI is InChI=1S/C18H26N2O3S/c1-18(2,3)23-17(22)19-12-16(21)20-11-7-9-14(20)13-8-5-6-10-15(13)24-4/h5-6,8,10,14H,7,9,11-12H2,1-4H3,(H,19,22)/t14-/m1/s1. The van der Waals surface area contributed by atoms with Crippen LogP contribution in [0.25, 0.3) is 0 Å². The molecular weight excluding hydrogens is 324 g/mol. The molecule has 2 amide bonds. The van der Waals surface area contributed by atoms with E-state index < -0.39 is 11.7 Å². The first kappa shape index (κ1) is 18.6. The first-order valence-corrected chi connectivity index (χ1v) is 9.43. The van der Waals surface area contributed by atoms with Crippen molar-refractivity contribution in [3.63, 3.8) is 0 Å². The highest BCUT2D eigenvalue weighted by molar-refractivity contribution is 7.98. The van der Waals surface area contributed by atoms with Crippen LogP contribution < -0.4 is 5.32 Å². The van der Waals surface area contributed by atoms with Gasteiger partial charge >= 0.3 is 6.09 Å². The van der Waals surface area contributed by atoms with Crippen LogP contribution in [0.2, 0.25) is 0 Å². The Hall–Kier alpha value is -1.69. The van der Waals surface area contributed by atoms with E-state index in [-0.39, 0.29) is 18.5 Å². The van der Waals surface area contributed by atoms with Crippen LogP contribution in [0.4, 0.5) is 4.79 Å². The van der Waals surface area contributed by atoms with Crippen molar-refractivity contribution in [1.82, 2.24) is 10.2 Å². The van der Waals surface area contributed by atoms with Crippen LogP contribution in [0, 0.1) is 0 Å². The number of hydrogen-bond donors (Lipinski definition) is 1.